The molecule has 0 unspecified atom stereocenters. The minimum absolute atomic E-state index is 0.145. The van der Waals surface area contributed by atoms with Crippen LogP contribution >= 0.6 is 0 Å². The minimum Gasteiger partial charge on any atom is -0.478 e. The molecule has 24 heavy (non-hydrogen) atoms. The first kappa shape index (κ1) is 16.2. The first-order valence-corrected chi connectivity index (χ1v) is 8.17. The number of piperidine rings is 1. The Morgan fingerprint density at radius 3 is 2.46 bits per heavy atom. The van der Waals surface area contributed by atoms with Crippen molar-refractivity contribution < 1.29 is 14.7 Å². The molecule has 0 radical (unpaired) electrons. The van der Waals surface area contributed by atoms with Crippen molar-refractivity contribution in [1.29, 1.82) is 0 Å². The van der Waals surface area contributed by atoms with Crippen molar-refractivity contribution in [3.8, 4) is 0 Å². The van der Waals surface area contributed by atoms with Gasteiger partial charge in [0.2, 0.25) is 5.91 Å². The predicted octanol–water partition coefficient (Wildman–Crippen LogP) is 2.55. The van der Waals surface area contributed by atoms with E-state index in [2.05, 4.69) is 5.10 Å². The molecule has 1 aromatic heterocycles. The molecule has 3 rings (SSSR count). The third kappa shape index (κ3) is 3.32. The maximum Gasteiger partial charge on any atom is 0.338 e. The summed E-state index contributed by atoms with van der Waals surface area (Å²) in [6.45, 7) is 3.28. The monoisotopic (exact) mass is 327 g/mol. The number of rotatable bonds is 4. The average Bonchev–Trinajstić information content (AvgIpc) is 3.12. The van der Waals surface area contributed by atoms with E-state index in [9.17, 15) is 9.59 Å². The first-order chi connectivity index (χ1) is 11.6. The molecule has 6 nitrogen and oxygen atoms in total. The molecular formula is C18H21N3O3. The summed E-state index contributed by atoms with van der Waals surface area (Å²) in [6.07, 6.45) is 4.51. The number of hydrogen-bond donors (Lipinski definition) is 1. The number of carbonyl (C=O) groups excluding carboxylic acids is 1. The Kier molecular flexibility index (Phi) is 4.64. The second kappa shape index (κ2) is 6.86. The van der Waals surface area contributed by atoms with Crippen molar-refractivity contribution in [3.63, 3.8) is 0 Å². The highest BCUT2D eigenvalue weighted by Crippen LogP contribution is 2.25. The molecule has 2 aromatic rings. The van der Waals surface area contributed by atoms with Crippen LogP contribution in [0.15, 0.2) is 42.7 Å². The van der Waals surface area contributed by atoms with Gasteiger partial charge in [-0.3, -0.25) is 9.48 Å². The van der Waals surface area contributed by atoms with Crippen molar-refractivity contribution in [1.82, 2.24) is 14.7 Å². The summed E-state index contributed by atoms with van der Waals surface area (Å²) >= 11 is 0. The van der Waals surface area contributed by atoms with Gasteiger partial charge in [0.1, 0.15) is 0 Å². The van der Waals surface area contributed by atoms with Gasteiger partial charge in [-0.2, -0.15) is 5.10 Å². The third-order valence-corrected chi connectivity index (χ3v) is 4.67. The smallest absolute Gasteiger partial charge is 0.338 e. The molecule has 2 heterocycles. The van der Waals surface area contributed by atoms with Crippen LogP contribution in [0.5, 0.6) is 0 Å². The lowest BCUT2D eigenvalue weighted by molar-refractivity contribution is -0.133. The summed E-state index contributed by atoms with van der Waals surface area (Å²) in [4.78, 5) is 25.5. The van der Waals surface area contributed by atoms with Gasteiger partial charge in [-0.1, -0.05) is 30.3 Å². The number of amides is 1. The van der Waals surface area contributed by atoms with Crippen molar-refractivity contribution in [3.05, 3.63) is 53.9 Å². The molecule has 1 N–H and O–H groups in total. The van der Waals surface area contributed by atoms with E-state index in [0.717, 1.165) is 18.4 Å². The molecule has 0 spiro atoms. The quantitative estimate of drug-likeness (QED) is 0.936. The maximum absolute atomic E-state index is 12.7. The third-order valence-electron chi connectivity index (χ3n) is 4.67. The van der Waals surface area contributed by atoms with E-state index >= 15 is 0 Å². The number of likely N-dealkylation sites (tertiary alicyclic amines) is 1. The van der Waals surface area contributed by atoms with E-state index < -0.39 is 5.97 Å². The lowest BCUT2D eigenvalue weighted by Gasteiger charge is -2.33. The van der Waals surface area contributed by atoms with Gasteiger partial charge in [0.25, 0.3) is 0 Å². The molecule has 0 aliphatic carbocycles. The maximum atomic E-state index is 12.7. The number of carboxylic acids is 1. The predicted molar refractivity (Wildman–Crippen MR) is 88.9 cm³/mol. The van der Waals surface area contributed by atoms with Crippen molar-refractivity contribution in [2.75, 3.05) is 13.1 Å². The van der Waals surface area contributed by atoms with E-state index in [1.807, 2.05) is 42.2 Å². The molecule has 126 valence electrons. The molecule has 1 aliphatic heterocycles. The van der Waals surface area contributed by atoms with E-state index in [1.54, 1.807) is 10.9 Å². The van der Waals surface area contributed by atoms with Crippen LogP contribution in [-0.4, -0.2) is 44.8 Å². The average molecular weight is 327 g/mol. The summed E-state index contributed by atoms with van der Waals surface area (Å²) in [6, 6.07) is 9.95. The Morgan fingerprint density at radius 1 is 1.21 bits per heavy atom. The zero-order chi connectivity index (χ0) is 17.1. The normalized spacial score (nSPS) is 16.8. The summed E-state index contributed by atoms with van der Waals surface area (Å²) in [5, 5.41) is 13.1. The molecule has 1 fully saturated rings. The van der Waals surface area contributed by atoms with Gasteiger partial charge in [0.05, 0.1) is 23.7 Å². The molecule has 1 saturated heterocycles. The van der Waals surface area contributed by atoms with Gasteiger partial charge < -0.3 is 10.0 Å². The topological polar surface area (TPSA) is 75.4 Å². The van der Waals surface area contributed by atoms with E-state index in [0.29, 0.717) is 13.1 Å². The summed E-state index contributed by atoms with van der Waals surface area (Å²) in [5.74, 6) is -0.969. The van der Waals surface area contributed by atoms with Crippen LogP contribution in [0.4, 0.5) is 0 Å². The molecule has 1 amide bonds. The number of carboxylic acid groups (broad SMARTS) is 1. The summed E-state index contributed by atoms with van der Waals surface area (Å²) < 4.78 is 1.71. The Bertz CT molecular complexity index is 718. The zero-order valence-corrected chi connectivity index (χ0v) is 13.6. The van der Waals surface area contributed by atoms with Crippen molar-refractivity contribution in [2.24, 2.45) is 0 Å². The Labute approximate surface area is 140 Å². The van der Waals surface area contributed by atoms with Crippen LogP contribution in [0.3, 0.4) is 0 Å². The SMILES string of the molecule is C[C@H](C(=O)N1CCC(n2cc(C(=O)O)cn2)CC1)c1ccccc1. The van der Waals surface area contributed by atoms with E-state index in [-0.39, 0.29) is 23.4 Å². The van der Waals surface area contributed by atoms with Crippen LogP contribution in [-0.2, 0) is 4.79 Å². The van der Waals surface area contributed by atoms with Gasteiger partial charge >= 0.3 is 5.97 Å². The number of nitrogens with zero attached hydrogens (tertiary/aromatic N) is 3. The Hall–Kier alpha value is -2.63. The van der Waals surface area contributed by atoms with Crippen LogP contribution in [0.1, 0.15) is 47.6 Å². The van der Waals surface area contributed by atoms with Crippen LogP contribution in [0.2, 0.25) is 0 Å². The highest BCUT2D eigenvalue weighted by molar-refractivity contribution is 5.86. The van der Waals surface area contributed by atoms with Crippen molar-refractivity contribution >= 4 is 11.9 Å². The lowest BCUT2D eigenvalue weighted by Crippen LogP contribution is -2.41. The second-order valence-electron chi connectivity index (χ2n) is 6.20. The molecule has 1 aromatic carbocycles. The van der Waals surface area contributed by atoms with Gasteiger partial charge in [-0.25, -0.2) is 4.79 Å². The fourth-order valence-electron chi connectivity index (χ4n) is 3.16. The second-order valence-corrected chi connectivity index (χ2v) is 6.20. The highest BCUT2D eigenvalue weighted by Gasteiger charge is 2.27. The summed E-state index contributed by atoms with van der Waals surface area (Å²) in [7, 11) is 0. The Balaban J connectivity index is 1.60. The fourth-order valence-corrected chi connectivity index (χ4v) is 3.16. The zero-order valence-electron chi connectivity index (χ0n) is 13.6. The van der Waals surface area contributed by atoms with Crippen molar-refractivity contribution in [2.45, 2.75) is 31.7 Å². The largest absolute Gasteiger partial charge is 0.478 e. The molecule has 6 heteroatoms. The molecule has 0 saturated carbocycles. The lowest BCUT2D eigenvalue weighted by atomic mass is 9.97. The Morgan fingerprint density at radius 2 is 1.88 bits per heavy atom. The van der Waals surface area contributed by atoms with Crippen LogP contribution < -0.4 is 0 Å². The summed E-state index contributed by atoms with van der Waals surface area (Å²) in [5.41, 5.74) is 1.23. The van der Waals surface area contributed by atoms with Crippen LogP contribution in [0, 0.1) is 0 Å². The van der Waals surface area contributed by atoms with Gasteiger partial charge in [0, 0.05) is 19.3 Å². The standard InChI is InChI=1S/C18H21N3O3/c1-13(14-5-3-2-4-6-14)17(22)20-9-7-16(8-10-20)21-12-15(11-19-21)18(23)24/h2-6,11-13,16H,7-10H2,1H3,(H,23,24)/t13-/m0/s1. The number of carbonyl (C=O) groups is 2. The fraction of sp³-hybridized carbons (Fsp3) is 0.389. The van der Waals surface area contributed by atoms with Gasteiger partial charge in [-0.15, -0.1) is 0 Å². The van der Waals surface area contributed by atoms with E-state index in [4.69, 9.17) is 5.11 Å². The number of benzene rings is 1. The number of hydrogen-bond acceptors (Lipinski definition) is 3. The van der Waals surface area contributed by atoms with Crippen LogP contribution in [0.25, 0.3) is 0 Å². The minimum atomic E-state index is -0.967. The highest BCUT2D eigenvalue weighted by atomic mass is 16.4. The van der Waals surface area contributed by atoms with Gasteiger partial charge in [-0.05, 0) is 25.3 Å². The molecular weight excluding hydrogens is 306 g/mol. The molecule has 0 bridgehead atoms. The van der Waals surface area contributed by atoms with Gasteiger partial charge in [0.15, 0.2) is 0 Å². The first-order valence-electron chi connectivity index (χ1n) is 8.17. The number of aromatic carboxylic acids is 1. The molecule has 1 aliphatic rings. The van der Waals surface area contributed by atoms with E-state index in [1.165, 1.54) is 6.20 Å². The number of aromatic nitrogens is 2. The molecule has 1 atom stereocenters.